The molecule has 4 heterocycles. The molecule has 0 bridgehead atoms. The zero-order valence-corrected chi connectivity index (χ0v) is 22.1. The molecular formula is C26H21ClF3N9O2. The van der Waals surface area contributed by atoms with E-state index in [1.165, 1.54) is 17.1 Å². The standard InChI is InChI=1S/C26H21ClF3N9O2/c1-11(16-6-33-26(37-23(16)31)38-9-12-4-15(12)25(38)41)39-10-13(5-34-39)35-24(40)19-8-32-7-18(36-19)20-14(22(29)30)2-3-17(27)21(20)28/h2-3,5-8,10-12,15,22H,4,9H2,1H3,(H,35,40)(H2,31,33,37)/t11-,12-,15-/m1/s1. The van der Waals surface area contributed by atoms with Crippen molar-refractivity contribution in [3.05, 3.63) is 70.8 Å². The highest BCUT2D eigenvalue weighted by molar-refractivity contribution is 6.31. The number of carbonyl (C=O) groups excluding carboxylic acids is 2. The van der Waals surface area contributed by atoms with Crippen LogP contribution in [0.3, 0.4) is 0 Å². The maximum absolute atomic E-state index is 14.7. The van der Waals surface area contributed by atoms with Gasteiger partial charge in [0.25, 0.3) is 12.3 Å². The van der Waals surface area contributed by atoms with Crippen LogP contribution < -0.4 is 16.0 Å². The summed E-state index contributed by atoms with van der Waals surface area (Å²) >= 11 is 5.79. The summed E-state index contributed by atoms with van der Waals surface area (Å²) < 4.78 is 43.3. The number of hydrogen-bond acceptors (Lipinski definition) is 8. The maximum Gasteiger partial charge on any atom is 0.275 e. The van der Waals surface area contributed by atoms with Crippen LogP contribution in [0.15, 0.2) is 43.1 Å². The Labute approximate surface area is 235 Å². The van der Waals surface area contributed by atoms with Crippen molar-refractivity contribution in [2.24, 2.45) is 11.8 Å². The molecule has 210 valence electrons. The zero-order chi connectivity index (χ0) is 29.0. The number of nitrogens with one attached hydrogen (secondary N) is 1. The van der Waals surface area contributed by atoms with Crippen molar-refractivity contribution in [3.63, 3.8) is 0 Å². The second-order valence-corrected chi connectivity index (χ2v) is 10.2. The largest absolute Gasteiger partial charge is 0.383 e. The highest BCUT2D eigenvalue weighted by Crippen LogP contribution is 2.46. The third-order valence-electron chi connectivity index (χ3n) is 7.19. The van der Waals surface area contributed by atoms with Gasteiger partial charge in [-0.1, -0.05) is 17.7 Å². The fraction of sp³-hybridized carbons (Fsp3) is 0.269. The van der Waals surface area contributed by atoms with Gasteiger partial charge >= 0.3 is 0 Å². The van der Waals surface area contributed by atoms with Gasteiger partial charge in [-0.3, -0.25) is 24.2 Å². The smallest absolute Gasteiger partial charge is 0.275 e. The molecule has 1 aromatic carbocycles. The summed E-state index contributed by atoms with van der Waals surface area (Å²) in [6.07, 6.45) is 4.56. The summed E-state index contributed by atoms with van der Waals surface area (Å²) in [7, 11) is 0. The lowest BCUT2D eigenvalue weighted by Crippen LogP contribution is -2.30. The number of anilines is 3. The van der Waals surface area contributed by atoms with Crippen LogP contribution in [0.1, 0.15) is 47.4 Å². The Hall–Kier alpha value is -4.59. The van der Waals surface area contributed by atoms with E-state index in [0.717, 1.165) is 30.9 Å². The molecule has 1 saturated heterocycles. The Bertz CT molecular complexity index is 1700. The molecule has 3 atom stereocenters. The first-order valence-electron chi connectivity index (χ1n) is 12.5. The molecule has 0 unspecified atom stereocenters. The highest BCUT2D eigenvalue weighted by Gasteiger charge is 2.53. The average Bonchev–Trinajstić information content (AvgIpc) is 3.45. The van der Waals surface area contributed by atoms with Crippen molar-refractivity contribution in [3.8, 4) is 11.3 Å². The molecule has 11 nitrogen and oxygen atoms in total. The molecule has 4 aromatic rings. The fourth-order valence-corrected chi connectivity index (χ4v) is 5.02. The number of amides is 2. The number of hydrogen-bond donors (Lipinski definition) is 2. The monoisotopic (exact) mass is 583 g/mol. The van der Waals surface area contributed by atoms with E-state index in [1.54, 1.807) is 18.0 Å². The molecule has 1 saturated carbocycles. The molecule has 1 aliphatic heterocycles. The lowest BCUT2D eigenvalue weighted by molar-refractivity contribution is -0.118. The van der Waals surface area contributed by atoms with Gasteiger partial charge in [-0.05, 0) is 25.3 Å². The molecule has 2 amide bonds. The molecular weight excluding hydrogens is 563 g/mol. The number of nitrogen functional groups attached to an aromatic ring is 1. The van der Waals surface area contributed by atoms with Crippen molar-refractivity contribution in [1.82, 2.24) is 29.7 Å². The van der Waals surface area contributed by atoms with Gasteiger partial charge in [0.2, 0.25) is 11.9 Å². The van der Waals surface area contributed by atoms with Crippen LogP contribution in [-0.4, -0.2) is 48.1 Å². The fourth-order valence-electron chi connectivity index (χ4n) is 4.86. The van der Waals surface area contributed by atoms with Crippen molar-refractivity contribution in [2.75, 3.05) is 22.5 Å². The molecule has 0 spiro atoms. The van der Waals surface area contributed by atoms with E-state index < -0.39 is 35.3 Å². The predicted molar refractivity (Wildman–Crippen MR) is 142 cm³/mol. The first-order chi connectivity index (χ1) is 19.6. The van der Waals surface area contributed by atoms with Gasteiger partial charge in [-0.25, -0.2) is 23.1 Å². The van der Waals surface area contributed by atoms with Crippen LogP contribution in [0.4, 0.5) is 30.6 Å². The number of carbonyl (C=O) groups is 2. The third kappa shape index (κ3) is 4.84. The lowest BCUT2D eigenvalue weighted by atomic mass is 10.0. The van der Waals surface area contributed by atoms with Gasteiger partial charge in [0.1, 0.15) is 11.5 Å². The van der Waals surface area contributed by atoms with E-state index in [0.29, 0.717) is 18.0 Å². The first-order valence-corrected chi connectivity index (χ1v) is 12.9. The van der Waals surface area contributed by atoms with Crippen LogP contribution in [0, 0.1) is 17.7 Å². The molecule has 15 heteroatoms. The van der Waals surface area contributed by atoms with E-state index >= 15 is 0 Å². The molecule has 3 N–H and O–H groups in total. The Balaban J connectivity index is 1.18. The Morgan fingerprint density at radius 2 is 1.98 bits per heavy atom. The summed E-state index contributed by atoms with van der Waals surface area (Å²) in [5.74, 6) is -0.904. The normalized spacial score (nSPS) is 18.5. The number of benzene rings is 1. The van der Waals surface area contributed by atoms with E-state index in [1.807, 2.05) is 0 Å². The lowest BCUT2D eigenvalue weighted by Gasteiger charge is -2.19. The topological polar surface area (TPSA) is 145 Å². The van der Waals surface area contributed by atoms with E-state index in [-0.39, 0.29) is 45.7 Å². The van der Waals surface area contributed by atoms with Crippen molar-refractivity contribution in [1.29, 1.82) is 0 Å². The first kappa shape index (κ1) is 26.6. The molecule has 6 rings (SSSR count). The quantitative estimate of drug-likeness (QED) is 0.328. The molecule has 2 aliphatic rings. The number of fused-ring (bicyclic) bond motifs is 1. The minimum atomic E-state index is -3.01. The van der Waals surface area contributed by atoms with Gasteiger partial charge in [0, 0.05) is 41.5 Å². The number of piperidine rings is 1. The summed E-state index contributed by atoms with van der Waals surface area (Å²) in [5, 5.41) is 6.50. The minimum Gasteiger partial charge on any atom is -0.383 e. The predicted octanol–water partition coefficient (Wildman–Crippen LogP) is 4.29. The van der Waals surface area contributed by atoms with E-state index in [4.69, 9.17) is 17.3 Å². The van der Waals surface area contributed by atoms with Crippen molar-refractivity contribution >= 4 is 40.9 Å². The van der Waals surface area contributed by atoms with Crippen molar-refractivity contribution < 1.29 is 22.8 Å². The Morgan fingerprint density at radius 3 is 2.68 bits per heavy atom. The minimum absolute atomic E-state index is 0.0186. The zero-order valence-electron chi connectivity index (χ0n) is 21.3. The Kier molecular flexibility index (Phi) is 6.56. The van der Waals surface area contributed by atoms with Crippen LogP contribution in [0.25, 0.3) is 11.3 Å². The summed E-state index contributed by atoms with van der Waals surface area (Å²) in [5.41, 5.74) is 5.36. The van der Waals surface area contributed by atoms with Gasteiger partial charge in [-0.15, -0.1) is 0 Å². The van der Waals surface area contributed by atoms with Crippen LogP contribution in [0.2, 0.25) is 5.02 Å². The molecule has 41 heavy (non-hydrogen) atoms. The summed E-state index contributed by atoms with van der Waals surface area (Å²) in [6.45, 7) is 2.40. The Morgan fingerprint density at radius 1 is 1.17 bits per heavy atom. The number of nitrogens with zero attached hydrogens (tertiary/aromatic N) is 7. The van der Waals surface area contributed by atoms with Crippen LogP contribution in [0.5, 0.6) is 0 Å². The van der Waals surface area contributed by atoms with Gasteiger partial charge < -0.3 is 11.1 Å². The van der Waals surface area contributed by atoms with E-state index in [2.05, 4.69) is 30.4 Å². The average molecular weight is 584 g/mol. The second kappa shape index (κ2) is 10.1. The third-order valence-corrected chi connectivity index (χ3v) is 7.48. The summed E-state index contributed by atoms with van der Waals surface area (Å²) in [4.78, 5) is 43.4. The van der Waals surface area contributed by atoms with E-state index in [9.17, 15) is 22.8 Å². The van der Waals surface area contributed by atoms with Gasteiger partial charge in [0.15, 0.2) is 5.82 Å². The maximum atomic E-state index is 14.7. The number of nitrogens with two attached hydrogens (primary N) is 1. The number of rotatable bonds is 7. The van der Waals surface area contributed by atoms with Crippen LogP contribution in [-0.2, 0) is 4.79 Å². The molecule has 0 radical (unpaired) electrons. The molecule has 2 fully saturated rings. The van der Waals surface area contributed by atoms with Gasteiger partial charge in [-0.2, -0.15) is 10.1 Å². The highest BCUT2D eigenvalue weighted by atomic mass is 35.5. The van der Waals surface area contributed by atoms with Crippen molar-refractivity contribution in [2.45, 2.75) is 25.8 Å². The molecule has 3 aromatic heterocycles. The number of halogens is 4. The van der Waals surface area contributed by atoms with Crippen LogP contribution >= 0.6 is 11.6 Å². The number of aromatic nitrogens is 6. The van der Waals surface area contributed by atoms with Gasteiger partial charge in [0.05, 0.1) is 41.0 Å². The molecule has 1 aliphatic carbocycles. The SMILES string of the molecule is C[C@H](c1cnc(N2C[C@H]3C[C@H]3C2=O)nc1N)n1cc(NC(=O)c2cncc(-c3c(C(F)F)ccc(Cl)c3F)n2)cn1. The second-order valence-electron chi connectivity index (χ2n) is 9.82. The summed E-state index contributed by atoms with van der Waals surface area (Å²) in [6, 6.07) is 1.59. The number of alkyl halides is 2.